The summed E-state index contributed by atoms with van der Waals surface area (Å²) in [6, 6.07) is 5.09. The summed E-state index contributed by atoms with van der Waals surface area (Å²) in [6.07, 6.45) is 4.94. The second-order valence-electron chi connectivity index (χ2n) is 3.46. The van der Waals surface area contributed by atoms with Crippen molar-refractivity contribution in [1.29, 1.82) is 0 Å². The third-order valence-electron chi connectivity index (χ3n) is 2.20. The van der Waals surface area contributed by atoms with Crippen molar-refractivity contribution in [2.75, 3.05) is 11.1 Å². The Morgan fingerprint density at radius 3 is 2.69 bits per heavy atom. The van der Waals surface area contributed by atoms with Crippen molar-refractivity contribution >= 4 is 17.3 Å². The maximum absolute atomic E-state index is 11.8. The van der Waals surface area contributed by atoms with E-state index in [4.69, 9.17) is 5.73 Å². The van der Waals surface area contributed by atoms with E-state index in [1.807, 2.05) is 0 Å². The predicted molar refractivity (Wildman–Crippen MR) is 62.0 cm³/mol. The van der Waals surface area contributed by atoms with Crippen molar-refractivity contribution in [1.82, 2.24) is 9.55 Å². The van der Waals surface area contributed by atoms with E-state index in [1.54, 1.807) is 48.4 Å². The molecule has 2 aromatic rings. The Kier molecular flexibility index (Phi) is 2.59. The second kappa shape index (κ2) is 4.06. The molecule has 0 unspecified atom stereocenters. The average molecular weight is 216 g/mol. The number of pyridine rings is 1. The zero-order valence-corrected chi connectivity index (χ0v) is 8.84. The Balaban J connectivity index is 2.18. The standard InChI is InChI=1S/C11H12N4O/c1-15-7-8(12)6-10(15)11(16)14-9-2-4-13-5-3-9/h2-7H,12H2,1H3,(H,13,14,16). The molecule has 0 aliphatic rings. The molecule has 0 aliphatic heterocycles. The molecule has 1 amide bonds. The molecule has 0 aromatic carbocycles. The average Bonchev–Trinajstić information content (AvgIpc) is 2.59. The fraction of sp³-hybridized carbons (Fsp3) is 0.0909. The molecule has 16 heavy (non-hydrogen) atoms. The van der Waals surface area contributed by atoms with Gasteiger partial charge >= 0.3 is 0 Å². The fourth-order valence-corrected chi connectivity index (χ4v) is 1.45. The van der Waals surface area contributed by atoms with E-state index in [0.717, 1.165) is 0 Å². The maximum Gasteiger partial charge on any atom is 0.272 e. The van der Waals surface area contributed by atoms with Crippen LogP contribution in [0.2, 0.25) is 0 Å². The molecule has 0 saturated heterocycles. The number of nitrogens with one attached hydrogen (secondary N) is 1. The molecule has 82 valence electrons. The SMILES string of the molecule is Cn1cc(N)cc1C(=O)Nc1ccncc1. The molecular formula is C11H12N4O. The molecular weight excluding hydrogens is 204 g/mol. The van der Waals surface area contributed by atoms with E-state index in [1.165, 1.54) is 0 Å². The van der Waals surface area contributed by atoms with Crippen LogP contribution in [0.15, 0.2) is 36.8 Å². The number of aryl methyl sites for hydroxylation is 1. The number of nitrogens with two attached hydrogens (primary N) is 1. The Morgan fingerprint density at radius 1 is 1.44 bits per heavy atom. The van der Waals surface area contributed by atoms with Gasteiger partial charge < -0.3 is 15.6 Å². The predicted octanol–water partition coefficient (Wildman–Crippen LogP) is 1.25. The fourth-order valence-electron chi connectivity index (χ4n) is 1.45. The molecule has 2 rings (SSSR count). The number of hydrogen-bond donors (Lipinski definition) is 2. The third kappa shape index (κ3) is 2.03. The normalized spacial score (nSPS) is 10.1. The monoisotopic (exact) mass is 216 g/mol. The van der Waals surface area contributed by atoms with Gasteiger partial charge in [-0.3, -0.25) is 9.78 Å². The highest BCUT2D eigenvalue weighted by Gasteiger charge is 2.10. The number of anilines is 2. The van der Waals surface area contributed by atoms with Crippen molar-refractivity contribution in [2.45, 2.75) is 0 Å². The molecule has 5 heteroatoms. The summed E-state index contributed by atoms with van der Waals surface area (Å²) in [5.41, 5.74) is 7.40. The minimum atomic E-state index is -0.189. The lowest BCUT2D eigenvalue weighted by Gasteiger charge is -2.04. The summed E-state index contributed by atoms with van der Waals surface area (Å²) in [7, 11) is 1.78. The van der Waals surface area contributed by atoms with Crippen LogP contribution < -0.4 is 11.1 Å². The number of carbonyl (C=O) groups excluding carboxylic acids is 1. The summed E-state index contributed by atoms with van der Waals surface area (Å²) in [4.78, 5) is 15.7. The number of hydrogen-bond acceptors (Lipinski definition) is 3. The summed E-state index contributed by atoms with van der Waals surface area (Å²) in [6.45, 7) is 0. The topological polar surface area (TPSA) is 72.9 Å². The number of nitrogen functional groups attached to an aromatic ring is 1. The zero-order chi connectivity index (χ0) is 11.5. The van der Waals surface area contributed by atoms with E-state index in [-0.39, 0.29) is 5.91 Å². The van der Waals surface area contributed by atoms with Gasteiger partial charge in [-0.05, 0) is 18.2 Å². The highest BCUT2D eigenvalue weighted by atomic mass is 16.1. The number of aromatic nitrogens is 2. The second-order valence-corrected chi connectivity index (χ2v) is 3.46. The summed E-state index contributed by atoms with van der Waals surface area (Å²) in [5.74, 6) is -0.189. The van der Waals surface area contributed by atoms with Crippen molar-refractivity contribution in [2.24, 2.45) is 7.05 Å². The van der Waals surface area contributed by atoms with Gasteiger partial charge in [0, 0.05) is 31.3 Å². The first-order valence-corrected chi connectivity index (χ1v) is 4.80. The third-order valence-corrected chi connectivity index (χ3v) is 2.20. The molecule has 5 nitrogen and oxygen atoms in total. The minimum absolute atomic E-state index is 0.189. The summed E-state index contributed by atoms with van der Waals surface area (Å²) < 4.78 is 1.69. The molecule has 0 saturated carbocycles. The molecule has 3 N–H and O–H groups in total. The van der Waals surface area contributed by atoms with Crippen LogP contribution in [0.25, 0.3) is 0 Å². The van der Waals surface area contributed by atoms with Gasteiger partial charge in [-0.25, -0.2) is 0 Å². The summed E-state index contributed by atoms with van der Waals surface area (Å²) >= 11 is 0. The van der Waals surface area contributed by atoms with Crippen LogP contribution in [-0.2, 0) is 7.05 Å². The Hall–Kier alpha value is -2.30. The highest BCUT2D eigenvalue weighted by Crippen LogP contribution is 2.11. The van der Waals surface area contributed by atoms with Crippen molar-refractivity contribution in [3.63, 3.8) is 0 Å². The first kappa shape index (κ1) is 10.2. The van der Waals surface area contributed by atoms with E-state index in [0.29, 0.717) is 17.1 Å². The minimum Gasteiger partial charge on any atom is -0.397 e. The molecule has 0 fully saturated rings. The lowest BCUT2D eigenvalue weighted by Crippen LogP contribution is -2.15. The Morgan fingerprint density at radius 2 is 2.12 bits per heavy atom. The van der Waals surface area contributed by atoms with Crippen LogP contribution in [0.5, 0.6) is 0 Å². The molecule has 2 aromatic heterocycles. The molecule has 0 atom stereocenters. The lowest BCUT2D eigenvalue weighted by molar-refractivity contribution is 0.101. The quantitative estimate of drug-likeness (QED) is 0.793. The number of rotatable bonds is 2. The maximum atomic E-state index is 11.8. The molecule has 0 spiro atoms. The number of amides is 1. The molecule has 0 radical (unpaired) electrons. The van der Waals surface area contributed by atoms with Gasteiger partial charge in [0.2, 0.25) is 0 Å². The molecule has 2 heterocycles. The number of nitrogens with zero attached hydrogens (tertiary/aromatic N) is 2. The van der Waals surface area contributed by atoms with Crippen LogP contribution in [0.3, 0.4) is 0 Å². The van der Waals surface area contributed by atoms with Crippen molar-refractivity contribution in [3.05, 3.63) is 42.5 Å². The van der Waals surface area contributed by atoms with E-state index in [2.05, 4.69) is 10.3 Å². The van der Waals surface area contributed by atoms with Crippen LogP contribution in [-0.4, -0.2) is 15.5 Å². The van der Waals surface area contributed by atoms with Gasteiger partial charge in [0.1, 0.15) is 5.69 Å². The van der Waals surface area contributed by atoms with Gasteiger partial charge in [0.05, 0.1) is 5.69 Å². The zero-order valence-electron chi connectivity index (χ0n) is 8.84. The smallest absolute Gasteiger partial charge is 0.272 e. The van der Waals surface area contributed by atoms with E-state index in [9.17, 15) is 4.79 Å². The first-order valence-electron chi connectivity index (χ1n) is 4.80. The van der Waals surface area contributed by atoms with Crippen molar-refractivity contribution < 1.29 is 4.79 Å². The molecule has 0 bridgehead atoms. The largest absolute Gasteiger partial charge is 0.397 e. The van der Waals surface area contributed by atoms with Crippen LogP contribution in [0.4, 0.5) is 11.4 Å². The molecule has 0 aliphatic carbocycles. The highest BCUT2D eigenvalue weighted by molar-refractivity contribution is 6.03. The van der Waals surface area contributed by atoms with Crippen LogP contribution in [0.1, 0.15) is 10.5 Å². The van der Waals surface area contributed by atoms with E-state index < -0.39 is 0 Å². The van der Waals surface area contributed by atoms with Gasteiger partial charge in [-0.1, -0.05) is 0 Å². The van der Waals surface area contributed by atoms with Crippen LogP contribution >= 0.6 is 0 Å². The van der Waals surface area contributed by atoms with Gasteiger partial charge in [-0.2, -0.15) is 0 Å². The summed E-state index contributed by atoms with van der Waals surface area (Å²) in [5, 5.41) is 2.76. The first-order chi connectivity index (χ1) is 7.66. The van der Waals surface area contributed by atoms with Crippen LogP contribution in [0, 0.1) is 0 Å². The Labute approximate surface area is 92.9 Å². The lowest BCUT2D eigenvalue weighted by atomic mass is 10.3. The Bertz CT molecular complexity index is 504. The van der Waals surface area contributed by atoms with E-state index >= 15 is 0 Å². The van der Waals surface area contributed by atoms with Crippen molar-refractivity contribution in [3.8, 4) is 0 Å². The van der Waals surface area contributed by atoms with Gasteiger partial charge in [0.25, 0.3) is 5.91 Å². The number of carbonyl (C=O) groups is 1. The van der Waals surface area contributed by atoms with Gasteiger partial charge in [-0.15, -0.1) is 0 Å². The van der Waals surface area contributed by atoms with Gasteiger partial charge in [0.15, 0.2) is 0 Å².